The topological polar surface area (TPSA) is 54.0 Å². The number of carbonyl (C=O) groups is 1. The number of piperidine rings is 1. The maximum absolute atomic E-state index is 11.8. The fraction of sp³-hybridized carbons (Fsp3) is 0.455. The molecule has 84 valence electrons. The van der Waals surface area contributed by atoms with Crippen LogP contribution < -0.4 is 10.6 Å². The van der Waals surface area contributed by atoms with E-state index in [4.69, 9.17) is 11.6 Å². The number of hydrogen-bond donors (Lipinski definition) is 2. The van der Waals surface area contributed by atoms with Crippen LogP contribution in [0.3, 0.4) is 0 Å². The molecule has 1 aromatic rings. The predicted molar refractivity (Wildman–Crippen MR) is 61.3 cm³/mol. The highest BCUT2D eigenvalue weighted by molar-refractivity contribution is 6.29. The molecule has 1 aliphatic heterocycles. The van der Waals surface area contributed by atoms with Crippen molar-refractivity contribution in [3.05, 3.63) is 23.4 Å². The molecule has 3 atom stereocenters. The van der Waals surface area contributed by atoms with Gasteiger partial charge in [0.05, 0.1) is 6.04 Å². The van der Waals surface area contributed by atoms with Gasteiger partial charge in [0, 0.05) is 6.04 Å². The molecule has 1 saturated heterocycles. The van der Waals surface area contributed by atoms with E-state index in [9.17, 15) is 4.79 Å². The van der Waals surface area contributed by atoms with Gasteiger partial charge in [-0.15, -0.1) is 0 Å². The quantitative estimate of drug-likeness (QED) is 0.765. The number of fused-ring (bicyclic) bond motifs is 1. The molecule has 2 heterocycles. The van der Waals surface area contributed by atoms with Crippen molar-refractivity contribution in [1.29, 1.82) is 0 Å². The second-order valence-electron chi connectivity index (χ2n) is 4.39. The average molecular weight is 238 g/mol. The number of nitrogens with one attached hydrogen (secondary N) is 2. The van der Waals surface area contributed by atoms with Crippen molar-refractivity contribution in [2.24, 2.45) is 5.92 Å². The molecule has 0 radical (unpaired) electrons. The lowest BCUT2D eigenvalue weighted by Gasteiger charge is -2.12. The summed E-state index contributed by atoms with van der Waals surface area (Å²) in [5.74, 6) is 1.21. The molecule has 1 aromatic heterocycles. The Hall–Kier alpha value is -1.13. The molecule has 1 amide bonds. The molecule has 2 aliphatic rings. The standard InChI is InChI=1S/C11H12ClN3O/c12-9-2-1-3-10(14-9)15-11(16)8-5-6-4-7(6)13-8/h1-3,6-8,13H,4-5H2,(H,14,15,16)/t6?,7-,8+/m1/s1. The van der Waals surface area contributed by atoms with Gasteiger partial charge < -0.3 is 10.6 Å². The summed E-state index contributed by atoms with van der Waals surface area (Å²) in [5.41, 5.74) is 0. The van der Waals surface area contributed by atoms with Crippen LogP contribution in [0.4, 0.5) is 5.82 Å². The summed E-state index contributed by atoms with van der Waals surface area (Å²) in [4.78, 5) is 15.9. The average Bonchev–Trinajstić information content (AvgIpc) is 2.86. The second-order valence-corrected chi connectivity index (χ2v) is 4.78. The zero-order valence-corrected chi connectivity index (χ0v) is 9.37. The van der Waals surface area contributed by atoms with Crippen molar-refractivity contribution < 1.29 is 4.79 Å². The van der Waals surface area contributed by atoms with E-state index in [1.807, 2.05) is 0 Å². The Bertz CT molecular complexity index is 427. The van der Waals surface area contributed by atoms with Crippen molar-refractivity contribution in [2.75, 3.05) is 5.32 Å². The van der Waals surface area contributed by atoms with E-state index < -0.39 is 0 Å². The van der Waals surface area contributed by atoms with Gasteiger partial charge in [-0.3, -0.25) is 4.79 Å². The smallest absolute Gasteiger partial charge is 0.242 e. The summed E-state index contributed by atoms with van der Waals surface area (Å²) in [6.45, 7) is 0. The summed E-state index contributed by atoms with van der Waals surface area (Å²) in [5, 5.41) is 6.45. The zero-order chi connectivity index (χ0) is 11.1. The van der Waals surface area contributed by atoms with Crippen LogP contribution in [0.25, 0.3) is 0 Å². The van der Waals surface area contributed by atoms with Crippen molar-refractivity contribution in [1.82, 2.24) is 10.3 Å². The van der Waals surface area contributed by atoms with Gasteiger partial charge in [0.15, 0.2) is 0 Å². The monoisotopic (exact) mass is 237 g/mol. The maximum atomic E-state index is 11.8. The number of amides is 1. The minimum absolute atomic E-state index is 0.0121. The third-order valence-electron chi connectivity index (χ3n) is 3.16. The van der Waals surface area contributed by atoms with Crippen LogP contribution in [-0.4, -0.2) is 23.0 Å². The molecule has 0 aromatic carbocycles. The number of aromatic nitrogens is 1. The first kappa shape index (κ1) is 10.1. The Morgan fingerprint density at radius 2 is 2.38 bits per heavy atom. The summed E-state index contributed by atoms with van der Waals surface area (Å²) < 4.78 is 0. The first-order valence-corrected chi connectivity index (χ1v) is 5.79. The molecule has 1 saturated carbocycles. The second kappa shape index (κ2) is 3.71. The minimum Gasteiger partial charge on any atom is -0.309 e. The van der Waals surface area contributed by atoms with Gasteiger partial charge in [-0.25, -0.2) is 4.98 Å². The molecular formula is C11H12ClN3O. The van der Waals surface area contributed by atoms with Crippen LogP contribution in [0.15, 0.2) is 18.2 Å². The van der Waals surface area contributed by atoms with Crippen LogP contribution >= 0.6 is 11.6 Å². The molecule has 16 heavy (non-hydrogen) atoms. The van der Waals surface area contributed by atoms with Gasteiger partial charge in [-0.2, -0.15) is 0 Å². The Balaban J connectivity index is 1.64. The van der Waals surface area contributed by atoms with E-state index in [0.29, 0.717) is 22.9 Å². The first-order valence-electron chi connectivity index (χ1n) is 5.42. The predicted octanol–water partition coefficient (Wildman–Crippen LogP) is 1.42. The highest BCUT2D eigenvalue weighted by Gasteiger charge is 2.47. The van der Waals surface area contributed by atoms with Crippen LogP contribution in [0.1, 0.15) is 12.8 Å². The van der Waals surface area contributed by atoms with E-state index in [-0.39, 0.29) is 11.9 Å². The molecule has 2 N–H and O–H groups in total. The molecule has 0 spiro atoms. The maximum Gasteiger partial charge on any atom is 0.242 e. The van der Waals surface area contributed by atoms with Crippen molar-refractivity contribution in [3.63, 3.8) is 0 Å². The molecule has 3 rings (SSSR count). The number of halogens is 1. The Morgan fingerprint density at radius 1 is 1.50 bits per heavy atom. The molecule has 1 unspecified atom stereocenters. The van der Waals surface area contributed by atoms with Crippen LogP contribution in [-0.2, 0) is 4.79 Å². The van der Waals surface area contributed by atoms with Crippen LogP contribution in [0.2, 0.25) is 5.15 Å². The molecule has 0 bridgehead atoms. The highest BCUT2D eigenvalue weighted by Crippen LogP contribution is 2.40. The van der Waals surface area contributed by atoms with Crippen molar-refractivity contribution >= 4 is 23.3 Å². The highest BCUT2D eigenvalue weighted by atomic mass is 35.5. The first-order chi connectivity index (χ1) is 7.72. The van der Waals surface area contributed by atoms with Crippen LogP contribution in [0, 0.1) is 5.92 Å². The third-order valence-corrected chi connectivity index (χ3v) is 3.37. The van der Waals surface area contributed by atoms with Crippen molar-refractivity contribution in [2.45, 2.75) is 24.9 Å². The third kappa shape index (κ3) is 1.90. The molecule has 5 heteroatoms. The van der Waals surface area contributed by atoms with Gasteiger partial charge in [-0.1, -0.05) is 17.7 Å². The van der Waals surface area contributed by atoms with Gasteiger partial charge >= 0.3 is 0 Å². The van der Waals surface area contributed by atoms with Gasteiger partial charge in [-0.05, 0) is 30.9 Å². The van der Waals surface area contributed by atoms with E-state index in [2.05, 4.69) is 15.6 Å². The lowest BCUT2D eigenvalue weighted by Crippen LogP contribution is -2.38. The molecule has 2 fully saturated rings. The lowest BCUT2D eigenvalue weighted by atomic mass is 10.2. The number of anilines is 1. The number of pyridine rings is 1. The van der Waals surface area contributed by atoms with E-state index >= 15 is 0 Å². The number of hydrogen-bond acceptors (Lipinski definition) is 3. The van der Waals surface area contributed by atoms with E-state index in [1.165, 1.54) is 6.42 Å². The fourth-order valence-electron chi connectivity index (χ4n) is 2.22. The fourth-order valence-corrected chi connectivity index (χ4v) is 2.38. The van der Waals surface area contributed by atoms with Gasteiger partial charge in [0.1, 0.15) is 11.0 Å². The molecule has 4 nitrogen and oxygen atoms in total. The van der Waals surface area contributed by atoms with Gasteiger partial charge in [0.2, 0.25) is 5.91 Å². The van der Waals surface area contributed by atoms with E-state index in [1.54, 1.807) is 18.2 Å². The summed E-state index contributed by atoms with van der Waals surface area (Å²) in [6, 6.07) is 5.69. The molecular weight excluding hydrogens is 226 g/mol. The number of nitrogens with zero attached hydrogens (tertiary/aromatic N) is 1. The summed E-state index contributed by atoms with van der Waals surface area (Å²) in [6.07, 6.45) is 2.16. The largest absolute Gasteiger partial charge is 0.309 e. The lowest BCUT2D eigenvalue weighted by molar-refractivity contribution is -0.118. The molecule has 1 aliphatic carbocycles. The van der Waals surface area contributed by atoms with Crippen LogP contribution in [0.5, 0.6) is 0 Å². The number of carbonyl (C=O) groups excluding carboxylic acids is 1. The Morgan fingerprint density at radius 3 is 3.06 bits per heavy atom. The Kier molecular flexibility index (Phi) is 2.33. The van der Waals surface area contributed by atoms with Crippen molar-refractivity contribution in [3.8, 4) is 0 Å². The Labute approximate surface area is 98.4 Å². The SMILES string of the molecule is O=C(Nc1cccc(Cl)n1)[C@@H]1CC2C[C@H]2N1. The summed E-state index contributed by atoms with van der Waals surface area (Å²) >= 11 is 5.74. The zero-order valence-electron chi connectivity index (χ0n) is 8.61. The normalized spacial score (nSPS) is 30.9. The summed E-state index contributed by atoms with van der Waals surface area (Å²) in [7, 11) is 0. The van der Waals surface area contributed by atoms with Gasteiger partial charge in [0.25, 0.3) is 0 Å². The van der Waals surface area contributed by atoms with E-state index in [0.717, 1.165) is 6.42 Å². The minimum atomic E-state index is -0.0652. The number of rotatable bonds is 2.